The Labute approximate surface area is 156 Å². The Morgan fingerprint density at radius 2 is 1.65 bits per heavy atom. The van der Waals surface area contributed by atoms with Crippen LogP contribution in [0.5, 0.6) is 0 Å². The van der Waals surface area contributed by atoms with E-state index in [-0.39, 0.29) is 0 Å². The van der Waals surface area contributed by atoms with Crippen molar-refractivity contribution in [3.63, 3.8) is 0 Å². The molecule has 0 unspecified atom stereocenters. The molecular formula is C21H19N3OS. The van der Waals surface area contributed by atoms with Crippen LogP contribution >= 0.6 is 11.8 Å². The van der Waals surface area contributed by atoms with Crippen LogP contribution in [0.25, 0.3) is 22.5 Å². The Balaban J connectivity index is 1.46. The van der Waals surface area contributed by atoms with Gasteiger partial charge in [-0.25, -0.2) is 0 Å². The lowest BCUT2D eigenvalue weighted by Crippen LogP contribution is -1.95. The molecule has 0 atom stereocenters. The quantitative estimate of drug-likeness (QED) is 0.450. The van der Waals surface area contributed by atoms with Crippen LogP contribution in [-0.2, 0) is 12.8 Å². The highest BCUT2D eigenvalue weighted by Crippen LogP contribution is 2.28. The number of hydrogen-bond donors (Lipinski definition) is 0. The lowest BCUT2D eigenvalue weighted by Gasteiger charge is -2.05. The highest BCUT2D eigenvalue weighted by atomic mass is 32.2. The SMILES string of the molecule is Cc1occc1-c1nnc(SCc2ccc(-c3ccccc3)cc2)n1C. The van der Waals surface area contributed by atoms with Crippen molar-refractivity contribution in [2.24, 2.45) is 7.05 Å². The number of aromatic nitrogens is 3. The zero-order chi connectivity index (χ0) is 17.9. The summed E-state index contributed by atoms with van der Waals surface area (Å²) in [6, 6.07) is 21.0. The van der Waals surface area contributed by atoms with Crippen molar-refractivity contribution in [3.8, 4) is 22.5 Å². The fraction of sp³-hybridized carbons (Fsp3) is 0.143. The van der Waals surface area contributed by atoms with Crippen LogP contribution in [-0.4, -0.2) is 14.8 Å². The molecule has 0 spiro atoms. The summed E-state index contributed by atoms with van der Waals surface area (Å²) in [5.41, 5.74) is 4.72. The number of nitrogens with zero attached hydrogens (tertiary/aromatic N) is 3. The van der Waals surface area contributed by atoms with E-state index >= 15 is 0 Å². The Morgan fingerprint density at radius 1 is 0.923 bits per heavy atom. The van der Waals surface area contributed by atoms with Gasteiger partial charge in [0.25, 0.3) is 0 Å². The summed E-state index contributed by atoms with van der Waals surface area (Å²) in [5.74, 6) is 2.54. The molecule has 2 heterocycles. The van der Waals surface area contributed by atoms with Crippen molar-refractivity contribution >= 4 is 11.8 Å². The van der Waals surface area contributed by atoms with E-state index in [0.29, 0.717) is 0 Å². The maximum atomic E-state index is 5.37. The van der Waals surface area contributed by atoms with Gasteiger partial charge < -0.3 is 8.98 Å². The van der Waals surface area contributed by atoms with E-state index in [1.54, 1.807) is 18.0 Å². The molecule has 4 rings (SSSR count). The summed E-state index contributed by atoms with van der Waals surface area (Å²) < 4.78 is 7.39. The second-order valence-corrected chi connectivity index (χ2v) is 7.05. The molecule has 0 aliphatic heterocycles. The van der Waals surface area contributed by atoms with Gasteiger partial charge in [0.05, 0.1) is 11.8 Å². The average Bonchev–Trinajstić information content (AvgIpc) is 3.26. The Bertz CT molecular complexity index is 1000. The van der Waals surface area contributed by atoms with Gasteiger partial charge in [-0.1, -0.05) is 66.4 Å². The molecule has 0 N–H and O–H groups in total. The minimum atomic E-state index is 0.832. The predicted octanol–water partition coefficient (Wildman–Crippen LogP) is 5.34. The Morgan fingerprint density at radius 3 is 2.35 bits per heavy atom. The first kappa shape index (κ1) is 16.7. The van der Waals surface area contributed by atoms with Crippen molar-refractivity contribution in [2.75, 3.05) is 0 Å². The molecule has 0 bridgehead atoms. The number of rotatable bonds is 5. The largest absolute Gasteiger partial charge is 0.469 e. The van der Waals surface area contributed by atoms with E-state index in [9.17, 15) is 0 Å². The van der Waals surface area contributed by atoms with Crippen LogP contribution in [0.4, 0.5) is 0 Å². The van der Waals surface area contributed by atoms with Gasteiger partial charge in [-0.15, -0.1) is 10.2 Å². The highest BCUT2D eigenvalue weighted by Gasteiger charge is 2.14. The minimum absolute atomic E-state index is 0.832. The lowest BCUT2D eigenvalue weighted by molar-refractivity contribution is 0.534. The average molecular weight is 361 g/mol. The first-order chi connectivity index (χ1) is 12.7. The molecule has 0 saturated carbocycles. The molecule has 2 aromatic heterocycles. The summed E-state index contributed by atoms with van der Waals surface area (Å²) in [6.45, 7) is 1.94. The standard InChI is InChI=1S/C21H19N3OS/c1-15-19(12-13-25-15)20-22-23-21(24(20)2)26-14-16-8-10-18(11-9-16)17-6-4-3-5-7-17/h3-13H,14H2,1-2H3. The third kappa shape index (κ3) is 3.30. The molecule has 0 aliphatic rings. The normalized spacial score (nSPS) is 11.0. The third-order valence-electron chi connectivity index (χ3n) is 4.36. The van der Waals surface area contributed by atoms with Crippen molar-refractivity contribution in [1.29, 1.82) is 0 Å². The minimum Gasteiger partial charge on any atom is -0.469 e. The fourth-order valence-electron chi connectivity index (χ4n) is 2.86. The summed E-state index contributed by atoms with van der Waals surface area (Å²) in [7, 11) is 1.99. The zero-order valence-corrected chi connectivity index (χ0v) is 15.5. The van der Waals surface area contributed by atoms with Crippen LogP contribution in [0.3, 0.4) is 0 Å². The monoisotopic (exact) mass is 361 g/mol. The molecule has 0 saturated heterocycles. The first-order valence-electron chi connectivity index (χ1n) is 8.43. The van der Waals surface area contributed by atoms with Gasteiger partial charge in [0.15, 0.2) is 11.0 Å². The maximum absolute atomic E-state index is 5.37. The van der Waals surface area contributed by atoms with Gasteiger partial charge in [0.2, 0.25) is 0 Å². The van der Waals surface area contributed by atoms with Crippen LogP contribution in [0, 0.1) is 6.92 Å². The van der Waals surface area contributed by atoms with Gasteiger partial charge in [-0.2, -0.15) is 0 Å². The maximum Gasteiger partial charge on any atom is 0.191 e. The van der Waals surface area contributed by atoms with Crippen LogP contribution in [0.15, 0.2) is 76.5 Å². The summed E-state index contributed by atoms with van der Waals surface area (Å²) >= 11 is 1.68. The summed E-state index contributed by atoms with van der Waals surface area (Å²) in [5, 5.41) is 9.54. The number of aryl methyl sites for hydroxylation is 1. The fourth-order valence-corrected chi connectivity index (χ4v) is 3.73. The molecule has 0 fully saturated rings. The number of thioether (sulfide) groups is 1. The Kier molecular flexibility index (Phi) is 4.63. The molecule has 2 aromatic carbocycles. The number of furan rings is 1. The Hall–Kier alpha value is -2.79. The van der Waals surface area contributed by atoms with E-state index < -0.39 is 0 Å². The number of benzene rings is 2. The van der Waals surface area contributed by atoms with Gasteiger partial charge in [0, 0.05) is 12.8 Å². The van der Waals surface area contributed by atoms with Crippen LogP contribution < -0.4 is 0 Å². The van der Waals surface area contributed by atoms with Crippen molar-refractivity contribution in [2.45, 2.75) is 17.8 Å². The molecule has 4 aromatic rings. The van der Waals surface area contributed by atoms with E-state index in [0.717, 1.165) is 28.1 Å². The van der Waals surface area contributed by atoms with Gasteiger partial charge in [-0.05, 0) is 29.7 Å². The molecule has 4 nitrogen and oxygen atoms in total. The smallest absolute Gasteiger partial charge is 0.191 e. The second kappa shape index (κ2) is 7.22. The molecular weight excluding hydrogens is 342 g/mol. The predicted molar refractivity (Wildman–Crippen MR) is 105 cm³/mol. The van der Waals surface area contributed by atoms with E-state index in [2.05, 4.69) is 58.7 Å². The van der Waals surface area contributed by atoms with Crippen molar-refractivity contribution in [1.82, 2.24) is 14.8 Å². The van der Waals surface area contributed by atoms with Gasteiger partial charge in [-0.3, -0.25) is 0 Å². The zero-order valence-electron chi connectivity index (χ0n) is 14.7. The van der Waals surface area contributed by atoms with E-state index in [1.807, 2.05) is 30.7 Å². The lowest BCUT2D eigenvalue weighted by atomic mass is 10.0. The highest BCUT2D eigenvalue weighted by molar-refractivity contribution is 7.98. The van der Waals surface area contributed by atoms with Crippen LogP contribution in [0.2, 0.25) is 0 Å². The van der Waals surface area contributed by atoms with E-state index in [4.69, 9.17) is 4.42 Å². The van der Waals surface area contributed by atoms with Gasteiger partial charge in [0.1, 0.15) is 5.76 Å². The third-order valence-corrected chi connectivity index (χ3v) is 5.46. The second-order valence-electron chi connectivity index (χ2n) is 6.11. The van der Waals surface area contributed by atoms with E-state index in [1.165, 1.54) is 16.7 Å². The summed E-state index contributed by atoms with van der Waals surface area (Å²) in [4.78, 5) is 0. The topological polar surface area (TPSA) is 43.9 Å². The molecule has 0 radical (unpaired) electrons. The molecule has 130 valence electrons. The van der Waals surface area contributed by atoms with Crippen molar-refractivity contribution in [3.05, 3.63) is 78.3 Å². The number of hydrogen-bond acceptors (Lipinski definition) is 4. The first-order valence-corrected chi connectivity index (χ1v) is 9.42. The van der Waals surface area contributed by atoms with Gasteiger partial charge >= 0.3 is 0 Å². The summed E-state index contributed by atoms with van der Waals surface area (Å²) in [6.07, 6.45) is 1.68. The molecule has 5 heteroatoms. The molecule has 0 amide bonds. The van der Waals surface area contributed by atoms with Crippen molar-refractivity contribution < 1.29 is 4.42 Å². The van der Waals surface area contributed by atoms with Crippen LogP contribution in [0.1, 0.15) is 11.3 Å². The molecule has 26 heavy (non-hydrogen) atoms. The molecule has 0 aliphatic carbocycles.